The summed E-state index contributed by atoms with van der Waals surface area (Å²) in [4.78, 5) is 71.9. The molecule has 0 aromatic rings. The van der Waals surface area contributed by atoms with Gasteiger partial charge in [-0.15, -0.1) is 0 Å². The average Bonchev–Trinajstić information content (AvgIpc) is 3.30. The number of piperidine rings is 1. The van der Waals surface area contributed by atoms with Crippen LogP contribution >= 0.6 is 0 Å². The number of Topliss-reactive ketones (excluding diaryl/α,β-unsaturated/α-hetero) is 3. The van der Waals surface area contributed by atoms with E-state index in [1.54, 1.807) is 53.9 Å². The molecule has 67 heavy (non-hydrogen) atoms. The normalized spacial score (nSPS) is 41.6. The third-order valence-electron chi connectivity index (χ3n) is 14.9. The fourth-order valence-electron chi connectivity index (χ4n) is 10.4. The standard InChI is InChI=1S/C51H81NO15/c1-28-14-18-38(53)41(56)24-31(4)42(63-8)26-36-17-15-34(7)51(62,67-36)48(59)49(60)52-20-12-11-13-37(52)50(61)66-43(30(3)23-35-16-19-39(54)44(25-35)64-9)27-40(55)29(2)22-33(6)46(58)47(65-10)45(57)32(5)21-28/h14,18,22,24,28-30,32,34-39,41-44,46-47,53-54,56,58,62H,11-13,15-17,19-21,23,25-27H2,1-10H3/b18-14+,31-24+,33-22+/t28-,29-,30-,32-,34-,35+,36+,37+,38?,39-,41-,42?,43+,44-,46-,47?,51-/m1/s1. The van der Waals surface area contributed by atoms with Gasteiger partial charge in [0.05, 0.1) is 24.4 Å². The lowest BCUT2D eigenvalue weighted by Crippen LogP contribution is -2.61. The van der Waals surface area contributed by atoms with Gasteiger partial charge in [-0.2, -0.15) is 0 Å². The third-order valence-corrected chi connectivity index (χ3v) is 14.9. The van der Waals surface area contributed by atoms with Gasteiger partial charge in [0, 0.05) is 58.5 Å². The molecular weight excluding hydrogens is 867 g/mol. The summed E-state index contributed by atoms with van der Waals surface area (Å²) in [7, 11) is 4.35. The largest absolute Gasteiger partial charge is 0.460 e. The van der Waals surface area contributed by atoms with E-state index in [2.05, 4.69) is 0 Å². The minimum Gasteiger partial charge on any atom is -0.460 e. The molecule has 2 bridgehead atoms. The van der Waals surface area contributed by atoms with Gasteiger partial charge in [-0.1, -0.05) is 58.9 Å². The van der Waals surface area contributed by atoms with E-state index in [4.69, 9.17) is 23.7 Å². The zero-order valence-electron chi connectivity index (χ0n) is 41.5. The molecule has 3 unspecified atom stereocenters. The van der Waals surface area contributed by atoms with Gasteiger partial charge in [0.1, 0.15) is 42.3 Å². The maximum atomic E-state index is 14.4. The van der Waals surface area contributed by atoms with Crippen molar-refractivity contribution in [1.29, 1.82) is 0 Å². The topological polar surface area (TPSA) is 236 Å². The number of aliphatic hydroxyl groups excluding tert-OH is 4. The van der Waals surface area contributed by atoms with E-state index in [1.165, 1.54) is 26.4 Å². The molecule has 1 amide bonds. The molecule has 3 fully saturated rings. The minimum atomic E-state index is -2.52. The van der Waals surface area contributed by atoms with Crippen LogP contribution in [-0.4, -0.2) is 154 Å². The Balaban J connectivity index is 1.72. The highest BCUT2D eigenvalue weighted by molar-refractivity contribution is 6.39. The Kier molecular flexibility index (Phi) is 21.6. The van der Waals surface area contributed by atoms with Crippen molar-refractivity contribution in [2.24, 2.45) is 35.5 Å². The molecule has 380 valence electrons. The summed E-state index contributed by atoms with van der Waals surface area (Å²) in [5.41, 5.74) is 0.884. The Labute approximate surface area is 397 Å². The molecule has 17 atom stereocenters. The SMILES string of the molecule is COC1C[C@@H]2CC[C@@H](C)[C@@](O)(O2)C(=O)C(=O)N2CCCC[C@H]2C(=O)O[C@H]([C@H](C)C[C@@H]2CC[C@@H](O)[C@H](OC)C2)CC(=O)[C@H](C)/C=C(\C)[C@@H](O)C(OC)C(=O)[C@H](C)C[C@H](C)/C=C/C(O)[C@H](O)/C=C/1C. The van der Waals surface area contributed by atoms with Crippen molar-refractivity contribution in [1.82, 2.24) is 4.90 Å². The number of esters is 1. The molecule has 0 aromatic carbocycles. The number of cyclic esters (lactones) is 1. The molecule has 2 saturated heterocycles. The maximum absolute atomic E-state index is 14.4. The zero-order chi connectivity index (χ0) is 49.9. The van der Waals surface area contributed by atoms with Gasteiger partial charge in [0.2, 0.25) is 5.79 Å². The van der Waals surface area contributed by atoms with Gasteiger partial charge in [-0.05, 0) is 107 Å². The summed E-state index contributed by atoms with van der Waals surface area (Å²) in [5, 5.41) is 55.7. The minimum absolute atomic E-state index is 0.0470. The third kappa shape index (κ3) is 14.7. The fourth-order valence-corrected chi connectivity index (χ4v) is 10.4. The molecule has 0 radical (unpaired) electrons. The predicted octanol–water partition coefficient (Wildman–Crippen LogP) is 4.35. The summed E-state index contributed by atoms with van der Waals surface area (Å²) in [6, 6.07) is -1.18. The lowest BCUT2D eigenvalue weighted by atomic mass is 9.78. The van der Waals surface area contributed by atoms with Crippen LogP contribution in [0, 0.1) is 35.5 Å². The van der Waals surface area contributed by atoms with Crippen LogP contribution in [0.2, 0.25) is 0 Å². The molecule has 0 spiro atoms. The fraction of sp³-hybridized carbons (Fsp3) is 0.784. The average molecular weight is 948 g/mol. The van der Waals surface area contributed by atoms with Crippen LogP contribution in [0.15, 0.2) is 35.5 Å². The number of carbonyl (C=O) groups is 5. The molecule has 3 heterocycles. The summed E-state index contributed by atoms with van der Waals surface area (Å²) < 4.78 is 29.2. The van der Waals surface area contributed by atoms with Gasteiger partial charge in [-0.25, -0.2) is 4.79 Å². The quantitative estimate of drug-likeness (QED) is 0.142. The molecule has 1 aliphatic carbocycles. The molecule has 0 aromatic heterocycles. The summed E-state index contributed by atoms with van der Waals surface area (Å²) in [6.07, 6.45) is 2.20. The van der Waals surface area contributed by atoms with Crippen LogP contribution in [0.4, 0.5) is 0 Å². The van der Waals surface area contributed by atoms with Crippen LogP contribution in [0.1, 0.15) is 126 Å². The van der Waals surface area contributed by atoms with Crippen molar-refractivity contribution < 1.29 is 73.2 Å². The number of methoxy groups -OCH3 is 3. The molecule has 16 nitrogen and oxygen atoms in total. The first-order valence-corrected chi connectivity index (χ1v) is 24.4. The number of hydrogen-bond acceptors (Lipinski definition) is 15. The monoisotopic (exact) mass is 948 g/mol. The van der Waals surface area contributed by atoms with E-state index in [0.717, 1.165) is 4.90 Å². The molecule has 5 N–H and O–H groups in total. The second-order valence-electron chi connectivity index (χ2n) is 20.2. The van der Waals surface area contributed by atoms with Gasteiger partial charge in [0.25, 0.3) is 11.7 Å². The van der Waals surface area contributed by atoms with E-state index in [0.29, 0.717) is 68.9 Å². The zero-order valence-corrected chi connectivity index (χ0v) is 41.5. The first kappa shape index (κ1) is 56.4. The van der Waals surface area contributed by atoms with Gasteiger partial charge in [-0.3, -0.25) is 19.2 Å². The summed E-state index contributed by atoms with van der Waals surface area (Å²) in [6.45, 7) is 12.1. The Morgan fingerprint density at radius 1 is 0.806 bits per heavy atom. The van der Waals surface area contributed by atoms with Crippen LogP contribution < -0.4 is 0 Å². The highest BCUT2D eigenvalue weighted by Gasteiger charge is 2.53. The summed E-state index contributed by atoms with van der Waals surface area (Å²) in [5.74, 6) is -8.88. The van der Waals surface area contributed by atoms with Crippen molar-refractivity contribution in [3.63, 3.8) is 0 Å². The number of fused-ring (bicyclic) bond motifs is 3. The Morgan fingerprint density at radius 3 is 2.16 bits per heavy atom. The molecule has 3 aliphatic heterocycles. The molecule has 4 rings (SSSR count). The van der Waals surface area contributed by atoms with Gasteiger partial charge in [0.15, 0.2) is 5.78 Å². The van der Waals surface area contributed by atoms with Crippen LogP contribution in [-0.2, 0) is 47.7 Å². The van der Waals surface area contributed by atoms with Gasteiger partial charge >= 0.3 is 5.97 Å². The lowest BCUT2D eigenvalue weighted by molar-refractivity contribution is -0.265. The molecule has 1 saturated carbocycles. The second kappa shape index (κ2) is 25.6. The Bertz CT molecular complexity index is 1780. The number of rotatable bonds is 6. The van der Waals surface area contributed by atoms with Crippen molar-refractivity contribution in [3.05, 3.63) is 35.5 Å². The molecule has 4 aliphatic rings. The Hall–Kier alpha value is -3.19. The predicted molar refractivity (Wildman–Crippen MR) is 248 cm³/mol. The van der Waals surface area contributed by atoms with E-state index in [1.807, 2.05) is 13.8 Å². The van der Waals surface area contributed by atoms with Crippen molar-refractivity contribution in [2.75, 3.05) is 27.9 Å². The van der Waals surface area contributed by atoms with Crippen molar-refractivity contribution in [2.45, 2.75) is 192 Å². The van der Waals surface area contributed by atoms with E-state index >= 15 is 0 Å². The van der Waals surface area contributed by atoms with Crippen LogP contribution in [0.3, 0.4) is 0 Å². The number of carbonyl (C=O) groups excluding carboxylic acids is 5. The Morgan fingerprint density at radius 2 is 1.51 bits per heavy atom. The lowest BCUT2D eigenvalue weighted by Gasteiger charge is -2.42. The van der Waals surface area contributed by atoms with Crippen LogP contribution in [0.25, 0.3) is 0 Å². The van der Waals surface area contributed by atoms with E-state index in [-0.39, 0.29) is 61.2 Å². The second-order valence-corrected chi connectivity index (χ2v) is 20.2. The van der Waals surface area contributed by atoms with E-state index in [9.17, 15) is 49.5 Å². The number of aliphatic hydroxyl groups is 5. The van der Waals surface area contributed by atoms with Crippen LogP contribution in [0.5, 0.6) is 0 Å². The van der Waals surface area contributed by atoms with Crippen molar-refractivity contribution in [3.8, 4) is 0 Å². The number of nitrogens with zero attached hydrogens (tertiary/aromatic N) is 1. The number of ether oxygens (including phenoxy) is 5. The maximum Gasteiger partial charge on any atom is 0.329 e. The van der Waals surface area contributed by atoms with E-state index < -0.39 is 96.1 Å². The first-order valence-electron chi connectivity index (χ1n) is 24.4. The summed E-state index contributed by atoms with van der Waals surface area (Å²) >= 11 is 0. The highest BCUT2D eigenvalue weighted by Crippen LogP contribution is 2.38. The first-order chi connectivity index (χ1) is 31.6. The smallest absolute Gasteiger partial charge is 0.329 e. The molecular formula is C51H81NO15. The number of hydrogen-bond donors (Lipinski definition) is 5. The number of amides is 1. The number of allylic oxidation sites excluding steroid dienone is 2. The molecule has 16 heteroatoms. The van der Waals surface area contributed by atoms with Gasteiger partial charge < -0.3 is 54.1 Å². The number of ketones is 3. The van der Waals surface area contributed by atoms with Crippen molar-refractivity contribution >= 4 is 29.2 Å². The highest BCUT2D eigenvalue weighted by atomic mass is 16.6.